The van der Waals surface area contributed by atoms with Gasteiger partial charge in [0.2, 0.25) is 0 Å². The highest BCUT2D eigenvalue weighted by molar-refractivity contribution is 5.88. The van der Waals surface area contributed by atoms with Crippen LogP contribution in [0.1, 0.15) is 23.0 Å². The lowest BCUT2D eigenvalue weighted by Gasteiger charge is -2.01. The van der Waals surface area contributed by atoms with Crippen LogP contribution in [0.15, 0.2) is 30.5 Å². The van der Waals surface area contributed by atoms with E-state index in [9.17, 15) is 9.18 Å². The molecular weight excluding hydrogens is 223 g/mol. The van der Waals surface area contributed by atoms with E-state index in [1.54, 1.807) is 25.1 Å². The summed E-state index contributed by atoms with van der Waals surface area (Å²) in [4.78, 5) is 11.0. The summed E-state index contributed by atoms with van der Waals surface area (Å²) in [6.07, 6.45) is 1.82. The topological polar surface area (TPSA) is 55.1 Å². The van der Waals surface area contributed by atoms with Crippen LogP contribution in [0, 0.1) is 5.82 Å². The Morgan fingerprint density at radius 2 is 2.18 bits per heavy atom. The highest BCUT2D eigenvalue weighted by atomic mass is 19.1. The highest BCUT2D eigenvalue weighted by Crippen LogP contribution is 2.15. The second kappa shape index (κ2) is 4.37. The molecule has 1 aromatic heterocycles. The number of halogens is 1. The van der Waals surface area contributed by atoms with E-state index in [4.69, 9.17) is 5.11 Å². The number of hydrogen-bond donors (Lipinski definition) is 1. The molecule has 1 aromatic carbocycles. The minimum atomic E-state index is -1.05. The van der Waals surface area contributed by atoms with Gasteiger partial charge in [-0.05, 0) is 18.6 Å². The van der Waals surface area contributed by atoms with Gasteiger partial charge in [0.1, 0.15) is 17.1 Å². The van der Waals surface area contributed by atoms with Crippen molar-refractivity contribution in [1.82, 2.24) is 9.78 Å². The van der Waals surface area contributed by atoms with Gasteiger partial charge in [-0.1, -0.05) is 19.1 Å². The number of aromatic carboxylic acids is 1. The number of nitrogens with zero attached hydrogens (tertiary/aromatic N) is 2. The average molecular weight is 234 g/mol. The molecule has 0 aliphatic rings. The van der Waals surface area contributed by atoms with Gasteiger partial charge in [-0.15, -0.1) is 0 Å². The summed E-state index contributed by atoms with van der Waals surface area (Å²) in [7, 11) is 0. The molecule has 0 aliphatic carbocycles. The number of aryl methyl sites for hydroxylation is 1. The third-order valence-corrected chi connectivity index (χ3v) is 2.46. The van der Waals surface area contributed by atoms with E-state index in [0.29, 0.717) is 12.1 Å². The summed E-state index contributed by atoms with van der Waals surface area (Å²) < 4.78 is 14.8. The Labute approximate surface area is 97.3 Å². The molecule has 0 spiro atoms. The predicted molar refractivity (Wildman–Crippen MR) is 59.9 cm³/mol. The number of benzene rings is 1. The number of carbonyl (C=O) groups is 1. The summed E-state index contributed by atoms with van der Waals surface area (Å²) in [6.45, 7) is 1.81. The zero-order valence-electron chi connectivity index (χ0n) is 9.22. The molecule has 5 heteroatoms. The Morgan fingerprint density at radius 1 is 1.47 bits per heavy atom. The molecule has 0 aliphatic heterocycles. The second-order valence-electron chi connectivity index (χ2n) is 3.54. The third-order valence-electron chi connectivity index (χ3n) is 2.46. The fourth-order valence-corrected chi connectivity index (χ4v) is 1.61. The molecule has 0 radical (unpaired) electrons. The molecule has 0 fully saturated rings. The zero-order valence-corrected chi connectivity index (χ0v) is 9.22. The van der Waals surface area contributed by atoms with Crippen molar-refractivity contribution in [2.24, 2.45) is 0 Å². The number of para-hydroxylation sites is 1. The summed E-state index contributed by atoms with van der Waals surface area (Å²) in [5.74, 6) is -1.49. The zero-order chi connectivity index (χ0) is 12.4. The summed E-state index contributed by atoms with van der Waals surface area (Å²) in [5, 5.41) is 13.1. The van der Waals surface area contributed by atoms with Gasteiger partial charge in [0.05, 0.1) is 5.69 Å². The molecule has 1 N–H and O–H groups in total. The minimum Gasteiger partial charge on any atom is -0.478 e. The molecule has 17 heavy (non-hydrogen) atoms. The van der Waals surface area contributed by atoms with Crippen LogP contribution in [0.5, 0.6) is 0 Å². The quantitative estimate of drug-likeness (QED) is 0.886. The van der Waals surface area contributed by atoms with Gasteiger partial charge in [-0.2, -0.15) is 5.10 Å². The van der Waals surface area contributed by atoms with Gasteiger partial charge in [0.15, 0.2) is 0 Å². The van der Waals surface area contributed by atoms with E-state index in [-0.39, 0.29) is 11.3 Å². The number of rotatable bonds is 3. The van der Waals surface area contributed by atoms with Crippen molar-refractivity contribution in [3.05, 3.63) is 47.5 Å². The van der Waals surface area contributed by atoms with Crippen molar-refractivity contribution < 1.29 is 14.3 Å². The van der Waals surface area contributed by atoms with Crippen LogP contribution in [-0.2, 0) is 6.42 Å². The molecule has 0 unspecified atom stereocenters. The van der Waals surface area contributed by atoms with E-state index in [1.165, 1.54) is 16.9 Å². The fourth-order valence-electron chi connectivity index (χ4n) is 1.61. The first-order chi connectivity index (χ1) is 8.13. The van der Waals surface area contributed by atoms with Gasteiger partial charge in [0.25, 0.3) is 0 Å². The van der Waals surface area contributed by atoms with Crippen LogP contribution in [0.4, 0.5) is 4.39 Å². The highest BCUT2D eigenvalue weighted by Gasteiger charge is 2.15. The van der Waals surface area contributed by atoms with E-state index >= 15 is 0 Å². The Morgan fingerprint density at radius 3 is 2.71 bits per heavy atom. The molecule has 0 amide bonds. The molecular formula is C12H11FN2O2. The lowest BCUT2D eigenvalue weighted by atomic mass is 10.2. The van der Waals surface area contributed by atoms with Crippen molar-refractivity contribution in [1.29, 1.82) is 0 Å². The Hall–Kier alpha value is -2.17. The largest absolute Gasteiger partial charge is 0.478 e. The van der Waals surface area contributed by atoms with Gasteiger partial charge >= 0.3 is 5.97 Å². The van der Waals surface area contributed by atoms with Crippen LogP contribution >= 0.6 is 0 Å². The van der Waals surface area contributed by atoms with E-state index in [0.717, 1.165) is 0 Å². The van der Waals surface area contributed by atoms with Crippen molar-refractivity contribution >= 4 is 5.97 Å². The second-order valence-corrected chi connectivity index (χ2v) is 3.54. The summed E-state index contributed by atoms with van der Waals surface area (Å²) in [5.41, 5.74) is 0.797. The van der Waals surface area contributed by atoms with E-state index in [1.807, 2.05) is 0 Å². The average Bonchev–Trinajstić information content (AvgIpc) is 2.73. The van der Waals surface area contributed by atoms with Crippen LogP contribution in [0.2, 0.25) is 0 Å². The molecule has 0 saturated heterocycles. The molecule has 88 valence electrons. The Bertz CT molecular complexity index is 563. The summed E-state index contributed by atoms with van der Waals surface area (Å²) >= 11 is 0. The van der Waals surface area contributed by atoms with Gasteiger partial charge in [-0.25, -0.2) is 13.9 Å². The summed E-state index contributed by atoms with van der Waals surface area (Å²) in [6, 6.07) is 6.10. The van der Waals surface area contributed by atoms with Crippen molar-refractivity contribution in [3.63, 3.8) is 0 Å². The van der Waals surface area contributed by atoms with Gasteiger partial charge < -0.3 is 5.11 Å². The molecule has 1 heterocycles. The van der Waals surface area contributed by atoms with Crippen molar-refractivity contribution in [2.45, 2.75) is 13.3 Å². The molecule has 0 bridgehead atoms. The van der Waals surface area contributed by atoms with Crippen LogP contribution < -0.4 is 0 Å². The van der Waals surface area contributed by atoms with E-state index < -0.39 is 11.8 Å². The third kappa shape index (κ3) is 2.04. The Kier molecular flexibility index (Phi) is 2.91. The normalized spacial score (nSPS) is 10.5. The molecule has 0 saturated carbocycles. The fraction of sp³-hybridized carbons (Fsp3) is 0.167. The van der Waals surface area contributed by atoms with E-state index in [2.05, 4.69) is 5.10 Å². The number of hydrogen-bond acceptors (Lipinski definition) is 2. The molecule has 2 rings (SSSR count). The van der Waals surface area contributed by atoms with Gasteiger partial charge in [0, 0.05) is 6.20 Å². The predicted octanol–water partition coefficient (Wildman–Crippen LogP) is 2.27. The van der Waals surface area contributed by atoms with Gasteiger partial charge in [-0.3, -0.25) is 0 Å². The number of carboxylic acid groups (broad SMARTS) is 1. The smallest absolute Gasteiger partial charge is 0.339 e. The maximum absolute atomic E-state index is 13.5. The van der Waals surface area contributed by atoms with Crippen LogP contribution in [0.3, 0.4) is 0 Å². The lowest BCUT2D eigenvalue weighted by molar-refractivity contribution is 0.0695. The molecule has 0 atom stereocenters. The monoisotopic (exact) mass is 234 g/mol. The van der Waals surface area contributed by atoms with Crippen LogP contribution in [-0.4, -0.2) is 20.9 Å². The number of aromatic nitrogens is 2. The first kappa shape index (κ1) is 11.3. The first-order valence-electron chi connectivity index (χ1n) is 5.20. The van der Waals surface area contributed by atoms with Crippen molar-refractivity contribution in [3.8, 4) is 5.69 Å². The van der Waals surface area contributed by atoms with Crippen molar-refractivity contribution in [2.75, 3.05) is 0 Å². The SMILES string of the molecule is CCc1nn(-c2ccccc2F)cc1C(=O)O. The molecule has 4 nitrogen and oxygen atoms in total. The lowest BCUT2D eigenvalue weighted by Crippen LogP contribution is -1.98. The standard InChI is InChI=1S/C12H11FN2O2/c1-2-10-8(12(16)17)7-15(14-10)11-6-4-3-5-9(11)13/h3-7H,2H2,1H3,(H,16,17). The molecule has 2 aromatic rings. The minimum absolute atomic E-state index is 0.107. The maximum Gasteiger partial charge on any atom is 0.339 e. The Balaban J connectivity index is 2.54. The first-order valence-corrected chi connectivity index (χ1v) is 5.20. The number of carboxylic acids is 1. The maximum atomic E-state index is 13.5. The van der Waals surface area contributed by atoms with Crippen LogP contribution in [0.25, 0.3) is 5.69 Å².